The van der Waals surface area contributed by atoms with Crippen LogP contribution < -0.4 is 5.32 Å². The third-order valence-corrected chi connectivity index (χ3v) is 7.38. The molecule has 1 saturated heterocycles. The molecule has 0 amide bonds. The van der Waals surface area contributed by atoms with E-state index in [9.17, 15) is 32.7 Å². The third kappa shape index (κ3) is 6.94. The fourth-order valence-electron chi connectivity index (χ4n) is 4.96. The number of aliphatic hydroxyl groups is 1. The zero-order chi connectivity index (χ0) is 29.3. The number of nitrogens with one attached hydrogen (secondary N) is 1. The van der Waals surface area contributed by atoms with E-state index in [0.29, 0.717) is 12.1 Å². The number of carbonyl (C=O) groups excluding carboxylic acids is 1. The van der Waals surface area contributed by atoms with Crippen LogP contribution in [0.3, 0.4) is 0 Å². The van der Waals surface area contributed by atoms with Crippen LogP contribution in [0.15, 0.2) is 60.7 Å². The maximum absolute atomic E-state index is 13.2. The second-order valence-corrected chi connectivity index (χ2v) is 9.95. The molecule has 0 radical (unpaired) electrons. The van der Waals surface area contributed by atoms with Crippen molar-refractivity contribution in [3.8, 4) is 6.07 Å². The predicted octanol–water partition coefficient (Wildman–Crippen LogP) is 5.14. The van der Waals surface area contributed by atoms with E-state index in [-0.39, 0.29) is 22.8 Å². The largest absolute Gasteiger partial charge is 0.373 e. The van der Waals surface area contributed by atoms with Crippen LogP contribution in [0.5, 0.6) is 0 Å². The zero-order valence-electron chi connectivity index (χ0n) is 22.6. The molecule has 0 spiro atoms. The maximum atomic E-state index is 13.2. The molecule has 1 aliphatic heterocycles. The first-order chi connectivity index (χ1) is 19.1. The Labute approximate surface area is 232 Å². The highest BCUT2D eigenvalue weighted by Gasteiger charge is 2.37. The van der Waals surface area contributed by atoms with Gasteiger partial charge in [0, 0.05) is 0 Å². The fourth-order valence-corrected chi connectivity index (χ4v) is 4.96. The number of benzene rings is 3. The number of hydrogen-bond acceptors (Lipinski definition) is 5. The summed E-state index contributed by atoms with van der Waals surface area (Å²) < 4.78 is 52.0. The van der Waals surface area contributed by atoms with Crippen molar-refractivity contribution in [1.82, 2.24) is 10.2 Å². The normalized spacial score (nSPS) is 15.1. The second kappa shape index (κ2) is 13.7. The minimum absolute atomic E-state index is 0.0341. The summed E-state index contributed by atoms with van der Waals surface area (Å²) in [6, 6.07) is 15.6. The number of nitriles is 1. The van der Waals surface area contributed by atoms with Gasteiger partial charge in [0.2, 0.25) is 0 Å². The van der Waals surface area contributed by atoms with Gasteiger partial charge in [0.15, 0.2) is 35.2 Å². The lowest BCUT2D eigenvalue weighted by molar-refractivity contribution is -0.121. The molecule has 0 aromatic heterocycles. The SMILES string of the molecule is CNCCCN1CCC(C#N)(c2ccccc2C)CC1.O=CC(O)(c1ccc(F)c(F)c1)c1ccc(F)c(F)c1. The molecule has 1 fully saturated rings. The quantitative estimate of drug-likeness (QED) is 0.229. The highest BCUT2D eigenvalue weighted by molar-refractivity contribution is 5.72. The number of halogens is 4. The number of aldehydes is 1. The Morgan fingerprint density at radius 3 is 1.98 bits per heavy atom. The van der Waals surface area contributed by atoms with Gasteiger partial charge < -0.3 is 15.3 Å². The number of piperidine rings is 1. The molecule has 0 aliphatic carbocycles. The lowest BCUT2D eigenvalue weighted by atomic mass is 9.72. The van der Waals surface area contributed by atoms with Gasteiger partial charge in [-0.25, -0.2) is 17.6 Å². The number of aryl methyl sites for hydroxylation is 1. The van der Waals surface area contributed by atoms with E-state index in [0.717, 1.165) is 63.3 Å². The van der Waals surface area contributed by atoms with Gasteiger partial charge in [-0.15, -0.1) is 0 Å². The van der Waals surface area contributed by atoms with Crippen molar-refractivity contribution >= 4 is 6.29 Å². The summed E-state index contributed by atoms with van der Waals surface area (Å²) in [5, 5.41) is 23.2. The predicted molar refractivity (Wildman–Crippen MR) is 144 cm³/mol. The lowest BCUT2D eigenvalue weighted by Crippen LogP contribution is -2.42. The van der Waals surface area contributed by atoms with Crippen LogP contribution in [-0.2, 0) is 15.8 Å². The van der Waals surface area contributed by atoms with Crippen molar-refractivity contribution in [3.05, 3.63) is 106 Å². The van der Waals surface area contributed by atoms with Crippen molar-refractivity contribution in [3.63, 3.8) is 0 Å². The molecule has 0 unspecified atom stereocenters. The smallest absolute Gasteiger partial charge is 0.170 e. The number of carbonyl (C=O) groups is 1. The van der Waals surface area contributed by atoms with E-state index in [2.05, 4.69) is 47.5 Å². The highest BCUT2D eigenvalue weighted by atomic mass is 19.2. The van der Waals surface area contributed by atoms with Crippen molar-refractivity contribution in [1.29, 1.82) is 5.26 Å². The topological polar surface area (TPSA) is 76.4 Å². The van der Waals surface area contributed by atoms with Gasteiger partial charge in [0.05, 0.1) is 11.5 Å². The highest BCUT2D eigenvalue weighted by Crippen LogP contribution is 2.36. The van der Waals surface area contributed by atoms with Crippen LogP contribution >= 0.6 is 0 Å². The molecule has 3 aromatic carbocycles. The van der Waals surface area contributed by atoms with E-state index in [4.69, 9.17) is 0 Å². The van der Waals surface area contributed by atoms with Crippen LogP contribution in [0.1, 0.15) is 41.5 Å². The number of likely N-dealkylation sites (tertiary alicyclic amines) is 1. The van der Waals surface area contributed by atoms with Gasteiger partial charge in [-0.1, -0.05) is 36.4 Å². The first-order valence-corrected chi connectivity index (χ1v) is 13.0. The van der Waals surface area contributed by atoms with Crippen LogP contribution in [-0.4, -0.2) is 49.5 Å². The molecule has 9 heteroatoms. The Kier molecular flexibility index (Phi) is 10.6. The van der Waals surface area contributed by atoms with E-state index < -0.39 is 28.9 Å². The molecule has 2 N–H and O–H groups in total. The van der Waals surface area contributed by atoms with E-state index in [1.54, 1.807) is 0 Å². The van der Waals surface area contributed by atoms with Crippen LogP contribution in [0.25, 0.3) is 0 Å². The summed E-state index contributed by atoms with van der Waals surface area (Å²) in [6.45, 7) is 6.39. The summed E-state index contributed by atoms with van der Waals surface area (Å²) in [4.78, 5) is 13.6. The molecule has 40 heavy (non-hydrogen) atoms. The fraction of sp³-hybridized carbons (Fsp3) is 0.355. The van der Waals surface area contributed by atoms with Crippen LogP contribution in [0, 0.1) is 41.5 Å². The first-order valence-electron chi connectivity index (χ1n) is 13.0. The standard InChI is InChI=1S/C17H25N3.C14H8F4O2/c1-15-6-3-4-7-16(15)17(14-18)8-12-20(13-9-17)11-5-10-19-2;15-10-3-1-8(5-12(10)17)14(20,7-19)9-2-4-11(16)13(18)6-9/h3-4,6-7,19H,5,8-13H2,1-2H3;1-7,20H. The van der Waals surface area contributed by atoms with Crippen LogP contribution in [0.2, 0.25) is 0 Å². The van der Waals surface area contributed by atoms with Crippen molar-refractivity contribution in [2.75, 3.05) is 33.2 Å². The van der Waals surface area contributed by atoms with Gasteiger partial charge in [-0.3, -0.25) is 4.79 Å². The summed E-state index contributed by atoms with van der Waals surface area (Å²) in [6.07, 6.45) is 3.12. The van der Waals surface area contributed by atoms with Crippen molar-refractivity contribution in [2.45, 2.75) is 37.2 Å². The minimum Gasteiger partial charge on any atom is -0.373 e. The maximum Gasteiger partial charge on any atom is 0.170 e. The Bertz CT molecular complexity index is 1300. The van der Waals surface area contributed by atoms with Gasteiger partial charge in [-0.2, -0.15) is 5.26 Å². The lowest BCUT2D eigenvalue weighted by Gasteiger charge is -2.38. The van der Waals surface area contributed by atoms with E-state index >= 15 is 0 Å². The summed E-state index contributed by atoms with van der Waals surface area (Å²) in [5.41, 5.74) is -0.779. The molecular formula is C31H33F4N3O2. The molecule has 3 aromatic rings. The molecular weight excluding hydrogens is 522 g/mol. The van der Waals surface area contributed by atoms with Gasteiger partial charge in [0.25, 0.3) is 0 Å². The third-order valence-electron chi connectivity index (χ3n) is 7.38. The number of rotatable bonds is 8. The molecule has 0 atom stereocenters. The average molecular weight is 556 g/mol. The van der Waals surface area contributed by atoms with Gasteiger partial charge in [0.1, 0.15) is 0 Å². The number of nitrogens with zero attached hydrogens (tertiary/aromatic N) is 2. The molecule has 212 valence electrons. The van der Waals surface area contributed by atoms with E-state index in [1.807, 2.05) is 7.05 Å². The molecule has 1 aliphatic rings. The Hall–Kier alpha value is -3.58. The molecule has 1 heterocycles. The molecule has 4 rings (SSSR count). The van der Waals surface area contributed by atoms with Gasteiger partial charge in [-0.05, 0) is 106 Å². The first kappa shape index (κ1) is 31.0. The van der Waals surface area contributed by atoms with Crippen molar-refractivity contribution in [2.24, 2.45) is 0 Å². The second-order valence-electron chi connectivity index (χ2n) is 9.95. The number of hydrogen-bond donors (Lipinski definition) is 2. The molecule has 0 bridgehead atoms. The van der Waals surface area contributed by atoms with Gasteiger partial charge >= 0.3 is 0 Å². The Morgan fingerprint density at radius 2 is 1.52 bits per heavy atom. The summed E-state index contributed by atoms with van der Waals surface area (Å²) in [5.74, 6) is -4.87. The average Bonchev–Trinajstić information content (AvgIpc) is 2.97. The summed E-state index contributed by atoms with van der Waals surface area (Å²) >= 11 is 0. The monoisotopic (exact) mass is 555 g/mol. The van der Waals surface area contributed by atoms with Crippen LogP contribution in [0.4, 0.5) is 17.6 Å². The minimum atomic E-state index is -2.40. The zero-order valence-corrected chi connectivity index (χ0v) is 22.6. The van der Waals surface area contributed by atoms with Crippen molar-refractivity contribution < 1.29 is 27.5 Å². The Morgan fingerprint density at radius 1 is 0.975 bits per heavy atom. The summed E-state index contributed by atoms with van der Waals surface area (Å²) in [7, 11) is 2.00. The Balaban J connectivity index is 0.000000220. The molecule has 0 saturated carbocycles. The molecule has 5 nitrogen and oxygen atoms in total. The van der Waals surface area contributed by atoms with E-state index in [1.165, 1.54) is 17.5 Å².